The Morgan fingerprint density at radius 3 is 2.52 bits per heavy atom. The van der Waals surface area contributed by atoms with Crippen molar-refractivity contribution in [1.29, 1.82) is 0 Å². The molecule has 1 atom stereocenters. The molecule has 0 aromatic carbocycles. The lowest BCUT2D eigenvalue weighted by Gasteiger charge is -2.19. The van der Waals surface area contributed by atoms with Gasteiger partial charge in [0.05, 0.1) is 5.02 Å². The predicted octanol–water partition coefficient (Wildman–Crippen LogP) is 4.02. The molecule has 6 heteroatoms. The summed E-state index contributed by atoms with van der Waals surface area (Å²) in [7, 11) is 0. The lowest BCUT2D eigenvalue weighted by molar-refractivity contribution is -0.141. The smallest absolute Gasteiger partial charge is 0.326 e. The zero-order valence-corrected chi connectivity index (χ0v) is 13.3. The van der Waals surface area contributed by atoms with E-state index in [-0.39, 0.29) is 5.92 Å². The standard InChI is InChI=1S/C15H20ClN3O2/c1-4-9(5-2)13-18-11-7-10(16)8-17-14(11)19(13)12(6-3)15(20)21/h7-9,12H,4-6H2,1-3H3,(H,20,21). The molecular formula is C15H20ClN3O2. The molecule has 0 aliphatic heterocycles. The summed E-state index contributed by atoms with van der Waals surface area (Å²) in [6, 6.07) is 1.08. The first kappa shape index (κ1) is 15.8. The molecule has 114 valence electrons. The molecule has 0 fully saturated rings. The van der Waals surface area contributed by atoms with Gasteiger partial charge in [0.15, 0.2) is 5.65 Å². The maximum absolute atomic E-state index is 11.6. The molecule has 2 heterocycles. The maximum Gasteiger partial charge on any atom is 0.326 e. The number of carboxylic acids is 1. The van der Waals surface area contributed by atoms with Crippen LogP contribution in [-0.4, -0.2) is 25.6 Å². The zero-order valence-electron chi connectivity index (χ0n) is 12.5. The Morgan fingerprint density at radius 1 is 1.33 bits per heavy atom. The van der Waals surface area contributed by atoms with Crippen molar-refractivity contribution in [3.05, 3.63) is 23.1 Å². The molecule has 1 N–H and O–H groups in total. The molecule has 0 aliphatic carbocycles. The lowest BCUT2D eigenvalue weighted by Crippen LogP contribution is -2.22. The summed E-state index contributed by atoms with van der Waals surface area (Å²) in [5, 5.41) is 10.0. The SMILES string of the molecule is CCC(CC)c1nc2cc(Cl)cnc2n1C(CC)C(=O)O. The number of halogens is 1. The van der Waals surface area contributed by atoms with Gasteiger partial charge in [-0.1, -0.05) is 32.4 Å². The average molecular weight is 310 g/mol. The Hall–Kier alpha value is -1.62. The van der Waals surface area contributed by atoms with Gasteiger partial charge in [0.25, 0.3) is 0 Å². The minimum atomic E-state index is -0.860. The van der Waals surface area contributed by atoms with Crippen molar-refractivity contribution in [2.45, 2.75) is 52.0 Å². The number of aliphatic carboxylic acids is 1. The van der Waals surface area contributed by atoms with Gasteiger partial charge in [-0.2, -0.15) is 0 Å². The van der Waals surface area contributed by atoms with Crippen LogP contribution in [0.5, 0.6) is 0 Å². The van der Waals surface area contributed by atoms with Crippen LogP contribution in [0.2, 0.25) is 5.02 Å². The number of fused-ring (bicyclic) bond motifs is 1. The summed E-state index contributed by atoms with van der Waals surface area (Å²) in [5.74, 6) is 0.145. The zero-order chi connectivity index (χ0) is 15.6. The highest BCUT2D eigenvalue weighted by Crippen LogP contribution is 2.31. The molecule has 0 radical (unpaired) electrons. The fourth-order valence-electron chi connectivity index (χ4n) is 2.69. The van der Waals surface area contributed by atoms with Crippen molar-refractivity contribution in [2.24, 2.45) is 0 Å². The summed E-state index contributed by atoms with van der Waals surface area (Å²) < 4.78 is 1.77. The molecule has 2 aromatic heterocycles. The first-order valence-electron chi connectivity index (χ1n) is 7.29. The van der Waals surface area contributed by atoms with E-state index >= 15 is 0 Å². The first-order chi connectivity index (χ1) is 10.0. The van der Waals surface area contributed by atoms with Crippen molar-refractivity contribution < 1.29 is 9.90 Å². The van der Waals surface area contributed by atoms with Crippen molar-refractivity contribution >= 4 is 28.7 Å². The monoisotopic (exact) mass is 309 g/mol. The molecule has 0 aliphatic rings. The number of pyridine rings is 1. The molecule has 21 heavy (non-hydrogen) atoms. The van der Waals surface area contributed by atoms with Gasteiger partial charge in [-0.3, -0.25) is 4.57 Å². The highest BCUT2D eigenvalue weighted by Gasteiger charge is 2.27. The van der Waals surface area contributed by atoms with Gasteiger partial charge in [-0.25, -0.2) is 14.8 Å². The third-order valence-electron chi connectivity index (χ3n) is 3.86. The van der Waals surface area contributed by atoms with Gasteiger partial charge in [-0.15, -0.1) is 0 Å². The van der Waals surface area contributed by atoms with Crippen molar-refractivity contribution in [3.63, 3.8) is 0 Å². The summed E-state index contributed by atoms with van der Waals surface area (Å²) in [6.45, 7) is 6.02. The summed E-state index contributed by atoms with van der Waals surface area (Å²) in [4.78, 5) is 20.5. The van der Waals surface area contributed by atoms with E-state index in [1.54, 1.807) is 10.6 Å². The minimum absolute atomic E-state index is 0.214. The van der Waals surface area contributed by atoms with Crippen LogP contribution in [0.3, 0.4) is 0 Å². The van der Waals surface area contributed by atoms with Crippen LogP contribution in [0, 0.1) is 0 Å². The number of carboxylic acid groups (broad SMARTS) is 1. The van der Waals surface area contributed by atoms with Gasteiger partial charge in [-0.05, 0) is 25.3 Å². The third-order valence-corrected chi connectivity index (χ3v) is 4.06. The van der Waals surface area contributed by atoms with Gasteiger partial charge >= 0.3 is 5.97 Å². The van der Waals surface area contributed by atoms with Crippen molar-refractivity contribution in [2.75, 3.05) is 0 Å². The molecule has 0 amide bonds. The van der Waals surface area contributed by atoms with Gasteiger partial charge < -0.3 is 5.11 Å². The number of nitrogens with zero attached hydrogens (tertiary/aromatic N) is 3. The van der Waals surface area contributed by atoms with E-state index in [4.69, 9.17) is 11.6 Å². The van der Waals surface area contributed by atoms with Crippen molar-refractivity contribution in [1.82, 2.24) is 14.5 Å². The Bertz CT molecular complexity index is 650. The highest BCUT2D eigenvalue weighted by atomic mass is 35.5. The second kappa shape index (κ2) is 6.43. The van der Waals surface area contributed by atoms with Crippen LogP contribution in [0.25, 0.3) is 11.2 Å². The molecular weight excluding hydrogens is 290 g/mol. The molecule has 0 saturated carbocycles. The molecule has 5 nitrogen and oxygen atoms in total. The molecule has 0 saturated heterocycles. The summed E-state index contributed by atoms with van der Waals surface area (Å²) in [5.41, 5.74) is 1.25. The van der Waals surface area contributed by atoms with E-state index < -0.39 is 12.0 Å². The Kier molecular flexibility index (Phi) is 4.83. The quantitative estimate of drug-likeness (QED) is 0.875. The van der Waals surface area contributed by atoms with E-state index in [1.165, 1.54) is 6.20 Å². The van der Waals surface area contributed by atoms with E-state index in [9.17, 15) is 9.90 Å². The van der Waals surface area contributed by atoms with Gasteiger partial charge in [0, 0.05) is 12.1 Å². The normalized spacial score (nSPS) is 13.0. The minimum Gasteiger partial charge on any atom is -0.480 e. The lowest BCUT2D eigenvalue weighted by atomic mass is 10.0. The van der Waals surface area contributed by atoms with E-state index in [0.29, 0.717) is 22.6 Å². The highest BCUT2D eigenvalue weighted by molar-refractivity contribution is 6.31. The topological polar surface area (TPSA) is 68.0 Å². The molecule has 2 aromatic rings. The van der Waals surface area contributed by atoms with Crippen LogP contribution >= 0.6 is 11.6 Å². The third kappa shape index (κ3) is 2.88. The number of aromatic nitrogens is 3. The second-order valence-corrected chi connectivity index (χ2v) is 5.55. The van der Waals surface area contributed by atoms with Crippen LogP contribution in [-0.2, 0) is 4.79 Å². The largest absolute Gasteiger partial charge is 0.480 e. The summed E-state index contributed by atoms with van der Waals surface area (Å²) in [6.07, 6.45) is 3.83. The summed E-state index contributed by atoms with van der Waals surface area (Å²) >= 11 is 5.98. The number of rotatable bonds is 6. The second-order valence-electron chi connectivity index (χ2n) is 5.11. The van der Waals surface area contributed by atoms with Gasteiger partial charge in [0.2, 0.25) is 0 Å². The fourth-order valence-corrected chi connectivity index (χ4v) is 2.84. The Balaban J connectivity index is 2.73. The van der Waals surface area contributed by atoms with Crippen LogP contribution in [0.1, 0.15) is 57.8 Å². The number of hydrogen-bond donors (Lipinski definition) is 1. The Morgan fingerprint density at radius 2 is 2.00 bits per heavy atom. The van der Waals surface area contributed by atoms with E-state index in [2.05, 4.69) is 23.8 Å². The molecule has 1 unspecified atom stereocenters. The average Bonchev–Trinajstić information content (AvgIpc) is 2.79. The molecule has 2 rings (SSSR count). The predicted molar refractivity (Wildman–Crippen MR) is 82.8 cm³/mol. The Labute approximate surface area is 129 Å². The number of imidazole rings is 1. The number of carbonyl (C=O) groups is 1. The first-order valence-corrected chi connectivity index (χ1v) is 7.67. The van der Waals surface area contributed by atoms with Crippen LogP contribution in [0.15, 0.2) is 12.3 Å². The van der Waals surface area contributed by atoms with Crippen LogP contribution < -0.4 is 0 Å². The maximum atomic E-state index is 11.6. The van der Waals surface area contributed by atoms with E-state index in [0.717, 1.165) is 18.7 Å². The fraction of sp³-hybridized carbons (Fsp3) is 0.533. The van der Waals surface area contributed by atoms with E-state index in [1.807, 2.05) is 6.92 Å². The number of hydrogen-bond acceptors (Lipinski definition) is 3. The molecule has 0 spiro atoms. The van der Waals surface area contributed by atoms with Crippen LogP contribution in [0.4, 0.5) is 0 Å². The van der Waals surface area contributed by atoms with Crippen molar-refractivity contribution in [3.8, 4) is 0 Å². The van der Waals surface area contributed by atoms with Gasteiger partial charge in [0.1, 0.15) is 17.4 Å². The molecule has 0 bridgehead atoms.